The molecule has 7 heteroatoms. The molecule has 21 heavy (non-hydrogen) atoms. The fourth-order valence-electron chi connectivity index (χ4n) is 2.55. The van der Waals surface area contributed by atoms with Gasteiger partial charge in [-0.2, -0.15) is 0 Å². The first kappa shape index (κ1) is 13.9. The highest BCUT2D eigenvalue weighted by molar-refractivity contribution is 7.07. The van der Waals surface area contributed by atoms with Gasteiger partial charge in [-0.3, -0.25) is 4.79 Å². The molecule has 0 N–H and O–H groups in total. The van der Waals surface area contributed by atoms with Crippen molar-refractivity contribution in [3.63, 3.8) is 0 Å². The largest absolute Gasteiger partial charge is 0.353 e. The molecular formula is C14H17N5OS. The number of thiazole rings is 1. The first-order valence-corrected chi connectivity index (χ1v) is 7.82. The summed E-state index contributed by atoms with van der Waals surface area (Å²) in [6.07, 6.45) is 1.59. The van der Waals surface area contributed by atoms with E-state index in [0.29, 0.717) is 12.2 Å². The summed E-state index contributed by atoms with van der Waals surface area (Å²) in [6.45, 7) is 6.24. The first-order valence-electron chi connectivity index (χ1n) is 6.88. The summed E-state index contributed by atoms with van der Waals surface area (Å²) in [4.78, 5) is 29.0. The second-order valence-corrected chi connectivity index (χ2v) is 5.90. The molecule has 0 radical (unpaired) electrons. The molecule has 3 rings (SSSR count). The molecular weight excluding hydrogens is 286 g/mol. The number of nitrogens with zero attached hydrogens (tertiary/aromatic N) is 5. The van der Waals surface area contributed by atoms with Crippen molar-refractivity contribution in [2.75, 3.05) is 24.5 Å². The van der Waals surface area contributed by atoms with Gasteiger partial charge in [-0.1, -0.05) is 0 Å². The number of amides is 1. The Morgan fingerprint density at radius 3 is 2.86 bits per heavy atom. The van der Waals surface area contributed by atoms with Crippen molar-refractivity contribution in [1.82, 2.24) is 19.9 Å². The predicted octanol–water partition coefficient (Wildman–Crippen LogP) is 1.59. The van der Waals surface area contributed by atoms with Gasteiger partial charge in [0.15, 0.2) is 0 Å². The summed E-state index contributed by atoms with van der Waals surface area (Å²) in [5, 5.41) is 1.80. The minimum absolute atomic E-state index is 0.0160. The highest BCUT2D eigenvalue weighted by Crippen LogP contribution is 2.19. The second-order valence-electron chi connectivity index (χ2n) is 5.18. The monoisotopic (exact) mass is 303 g/mol. The van der Waals surface area contributed by atoms with E-state index < -0.39 is 0 Å². The Balaban J connectivity index is 1.71. The lowest BCUT2D eigenvalue weighted by atomic mass is 10.1. The Labute approximate surface area is 127 Å². The number of carbonyl (C=O) groups excluding carboxylic acids is 1. The average molecular weight is 303 g/mol. The van der Waals surface area contributed by atoms with Crippen LogP contribution in [0.1, 0.15) is 23.1 Å². The van der Waals surface area contributed by atoms with Crippen molar-refractivity contribution < 1.29 is 4.79 Å². The Morgan fingerprint density at radius 2 is 2.19 bits per heavy atom. The van der Waals surface area contributed by atoms with Gasteiger partial charge in [-0.25, -0.2) is 15.0 Å². The molecule has 1 aliphatic heterocycles. The van der Waals surface area contributed by atoms with E-state index in [1.54, 1.807) is 17.2 Å². The summed E-state index contributed by atoms with van der Waals surface area (Å²) in [7, 11) is 0. The third-order valence-electron chi connectivity index (χ3n) is 3.65. The lowest BCUT2D eigenvalue weighted by Gasteiger charge is -2.40. The zero-order valence-corrected chi connectivity index (χ0v) is 12.9. The second kappa shape index (κ2) is 5.77. The number of aryl methyl sites for hydroxylation is 1. The van der Waals surface area contributed by atoms with Crippen molar-refractivity contribution in [2.45, 2.75) is 19.9 Å². The third-order valence-corrected chi connectivity index (χ3v) is 4.24. The molecule has 1 aliphatic rings. The van der Waals surface area contributed by atoms with Crippen LogP contribution in [0, 0.1) is 6.92 Å². The minimum atomic E-state index is 0.0160. The summed E-state index contributed by atoms with van der Waals surface area (Å²) in [5.74, 6) is 0.942. The van der Waals surface area contributed by atoms with Gasteiger partial charge in [0.25, 0.3) is 5.91 Å². The van der Waals surface area contributed by atoms with Gasteiger partial charge in [0.05, 0.1) is 5.51 Å². The quantitative estimate of drug-likeness (QED) is 0.843. The number of carbonyl (C=O) groups is 1. The molecule has 2 aromatic heterocycles. The molecule has 1 fully saturated rings. The van der Waals surface area contributed by atoms with E-state index in [2.05, 4.69) is 26.8 Å². The minimum Gasteiger partial charge on any atom is -0.353 e. The van der Waals surface area contributed by atoms with Crippen molar-refractivity contribution in [1.29, 1.82) is 0 Å². The van der Waals surface area contributed by atoms with E-state index in [1.807, 2.05) is 17.9 Å². The van der Waals surface area contributed by atoms with Crippen LogP contribution in [-0.4, -0.2) is 51.4 Å². The maximum atomic E-state index is 12.4. The van der Waals surface area contributed by atoms with Crippen LogP contribution in [0.3, 0.4) is 0 Å². The van der Waals surface area contributed by atoms with Gasteiger partial charge >= 0.3 is 0 Å². The Morgan fingerprint density at radius 1 is 1.33 bits per heavy atom. The normalized spacial score (nSPS) is 18.9. The maximum absolute atomic E-state index is 12.4. The van der Waals surface area contributed by atoms with E-state index in [0.717, 1.165) is 24.6 Å². The lowest BCUT2D eigenvalue weighted by Crippen LogP contribution is -2.54. The van der Waals surface area contributed by atoms with E-state index in [9.17, 15) is 4.79 Å². The number of anilines is 1. The van der Waals surface area contributed by atoms with Crippen molar-refractivity contribution in [2.24, 2.45) is 0 Å². The molecule has 0 aromatic carbocycles. The standard InChI is InChI=1S/C14H17N5OS/c1-10-5-13(16-8-15-10)18-3-4-19(11(2)6-18)14(20)12-7-21-9-17-12/h5,7-9,11H,3-4,6H2,1-2H3/t11-/m0/s1. The number of aromatic nitrogens is 3. The Bertz CT molecular complexity index is 630. The Hall–Kier alpha value is -2.02. The van der Waals surface area contributed by atoms with Crippen LogP contribution in [0.5, 0.6) is 0 Å². The molecule has 1 saturated heterocycles. The van der Waals surface area contributed by atoms with Crippen LogP contribution in [0.2, 0.25) is 0 Å². The number of rotatable bonds is 2. The van der Waals surface area contributed by atoms with Crippen molar-refractivity contribution >= 4 is 23.1 Å². The molecule has 6 nitrogen and oxygen atoms in total. The third kappa shape index (κ3) is 2.87. The van der Waals surface area contributed by atoms with Gasteiger partial charge in [0, 0.05) is 42.8 Å². The summed E-state index contributed by atoms with van der Waals surface area (Å²) in [5.41, 5.74) is 3.18. The molecule has 0 aliphatic carbocycles. The maximum Gasteiger partial charge on any atom is 0.273 e. The van der Waals surface area contributed by atoms with Crippen LogP contribution < -0.4 is 4.90 Å². The summed E-state index contributed by atoms with van der Waals surface area (Å²) in [6, 6.07) is 2.10. The highest BCUT2D eigenvalue weighted by atomic mass is 32.1. The van der Waals surface area contributed by atoms with Crippen LogP contribution in [0.15, 0.2) is 23.3 Å². The van der Waals surface area contributed by atoms with Gasteiger partial charge in [0.1, 0.15) is 17.8 Å². The van der Waals surface area contributed by atoms with Crippen molar-refractivity contribution in [3.05, 3.63) is 34.7 Å². The first-order chi connectivity index (χ1) is 10.1. The number of hydrogen-bond acceptors (Lipinski definition) is 6. The van der Waals surface area contributed by atoms with E-state index in [-0.39, 0.29) is 11.9 Å². The molecule has 0 saturated carbocycles. The van der Waals surface area contributed by atoms with Crippen molar-refractivity contribution in [3.8, 4) is 0 Å². The van der Waals surface area contributed by atoms with Gasteiger partial charge in [0.2, 0.25) is 0 Å². The van der Waals surface area contributed by atoms with Crippen LogP contribution in [-0.2, 0) is 0 Å². The smallest absolute Gasteiger partial charge is 0.273 e. The zero-order chi connectivity index (χ0) is 14.8. The highest BCUT2D eigenvalue weighted by Gasteiger charge is 2.29. The molecule has 2 aromatic rings. The average Bonchev–Trinajstić information content (AvgIpc) is 3.00. The van der Waals surface area contributed by atoms with Crippen LogP contribution in [0.25, 0.3) is 0 Å². The SMILES string of the molecule is Cc1cc(N2CCN(C(=O)c3cscn3)[C@@H](C)C2)ncn1. The molecule has 0 spiro atoms. The zero-order valence-electron chi connectivity index (χ0n) is 12.1. The van der Waals surface area contributed by atoms with E-state index in [1.165, 1.54) is 11.3 Å². The Kier molecular flexibility index (Phi) is 3.83. The van der Waals surface area contributed by atoms with Gasteiger partial charge < -0.3 is 9.80 Å². The number of piperazine rings is 1. The molecule has 110 valence electrons. The predicted molar refractivity (Wildman–Crippen MR) is 81.6 cm³/mol. The molecule has 3 heterocycles. The van der Waals surface area contributed by atoms with Crippen LogP contribution >= 0.6 is 11.3 Å². The van der Waals surface area contributed by atoms with Gasteiger partial charge in [-0.05, 0) is 13.8 Å². The van der Waals surface area contributed by atoms with E-state index in [4.69, 9.17) is 0 Å². The lowest BCUT2D eigenvalue weighted by molar-refractivity contribution is 0.0668. The molecule has 1 atom stereocenters. The molecule has 0 unspecified atom stereocenters. The summed E-state index contributed by atoms with van der Waals surface area (Å²) >= 11 is 1.45. The van der Waals surface area contributed by atoms with Gasteiger partial charge in [-0.15, -0.1) is 11.3 Å². The fraction of sp³-hybridized carbons (Fsp3) is 0.429. The number of hydrogen-bond donors (Lipinski definition) is 0. The van der Waals surface area contributed by atoms with E-state index >= 15 is 0 Å². The topological polar surface area (TPSA) is 62.2 Å². The van der Waals surface area contributed by atoms with Crippen LogP contribution in [0.4, 0.5) is 5.82 Å². The fourth-order valence-corrected chi connectivity index (χ4v) is 3.07. The summed E-state index contributed by atoms with van der Waals surface area (Å²) < 4.78 is 0. The molecule has 0 bridgehead atoms. The molecule has 1 amide bonds.